The third-order valence-corrected chi connectivity index (χ3v) is 9.29. The van der Waals surface area contributed by atoms with Crippen LogP contribution in [-0.4, -0.2) is 46.5 Å². The molecule has 6 rings (SSSR count). The van der Waals surface area contributed by atoms with Crippen molar-refractivity contribution in [3.8, 4) is 11.5 Å². The molecule has 1 atom stereocenters. The number of hydrogen-bond donors (Lipinski definition) is 0. The molecule has 0 bridgehead atoms. The number of halogens is 2. The van der Waals surface area contributed by atoms with Crippen molar-refractivity contribution >= 4 is 34.9 Å². The largest absolute Gasteiger partial charge is 0.493 e. The van der Waals surface area contributed by atoms with Crippen LogP contribution in [0.25, 0.3) is 12.2 Å². The van der Waals surface area contributed by atoms with Crippen LogP contribution in [0.2, 0.25) is 0 Å². The summed E-state index contributed by atoms with van der Waals surface area (Å²) in [7, 11) is 9.44. The van der Waals surface area contributed by atoms with Crippen molar-refractivity contribution in [2.75, 3.05) is 45.1 Å². The minimum atomic E-state index is -2.97. The molecule has 2 heterocycles. The van der Waals surface area contributed by atoms with Crippen LogP contribution >= 0.6 is 11.3 Å². The summed E-state index contributed by atoms with van der Waals surface area (Å²) in [6.07, 6.45) is 6.65. The molecule has 7 nitrogen and oxygen atoms in total. The Morgan fingerprint density at radius 1 is 0.891 bits per heavy atom. The quantitative estimate of drug-likeness (QED) is 0.228. The predicted octanol–water partition coefficient (Wildman–Crippen LogP) is 6.22. The Bertz CT molecular complexity index is 1990. The average Bonchev–Trinajstić information content (AvgIpc) is 3.35. The molecule has 0 N–H and O–H groups in total. The second-order valence-corrected chi connectivity index (χ2v) is 12.7. The lowest BCUT2D eigenvalue weighted by Gasteiger charge is -2.31. The van der Waals surface area contributed by atoms with Crippen molar-refractivity contribution in [3.05, 3.63) is 120 Å². The minimum Gasteiger partial charge on any atom is -0.493 e. The van der Waals surface area contributed by atoms with Gasteiger partial charge in [0.05, 0.1) is 23.4 Å². The fourth-order valence-corrected chi connectivity index (χ4v) is 7.00. The van der Waals surface area contributed by atoms with Crippen molar-refractivity contribution in [3.63, 3.8) is 0 Å². The van der Waals surface area contributed by atoms with Crippen LogP contribution in [0.4, 0.5) is 20.2 Å². The van der Waals surface area contributed by atoms with Gasteiger partial charge in [0.25, 0.3) is 5.56 Å². The number of anilines is 2. The Hall–Kier alpha value is -4.70. The SMILES string of the molecule is COc1cc(/C=c2\sc3n(c2=O)C(c2ccc(N(C)C)cc2)C2=C(N=3)/C(=C\c3ccc(N(C)C)cc3)CCC2)ccc1OC(F)F. The summed E-state index contributed by atoms with van der Waals surface area (Å²) in [4.78, 5) is 24.0. The molecule has 3 aromatic carbocycles. The standard InChI is InChI=1S/C36H36F2N4O3S/c1-40(2)26-14-9-22(10-15-26)19-25-7-6-8-28-32(25)39-36-42(33(28)24-12-16-27(17-13-24)41(3)4)34(43)31(46-36)21-23-11-18-29(45-35(37)38)30(20-23)44-5/h9-21,33,35H,6-8H2,1-5H3/b25-19-,31-21-. The number of allylic oxidation sites excluding steroid dienone is 2. The second-order valence-electron chi connectivity index (χ2n) is 11.7. The molecule has 0 spiro atoms. The number of alkyl halides is 2. The summed E-state index contributed by atoms with van der Waals surface area (Å²) in [6.45, 7) is -2.97. The van der Waals surface area contributed by atoms with E-state index >= 15 is 0 Å². The number of hydrogen-bond acceptors (Lipinski definition) is 7. The van der Waals surface area contributed by atoms with Gasteiger partial charge >= 0.3 is 6.61 Å². The van der Waals surface area contributed by atoms with E-state index in [1.54, 1.807) is 22.8 Å². The number of ether oxygens (including phenoxy) is 2. The summed E-state index contributed by atoms with van der Waals surface area (Å²) >= 11 is 1.32. The normalized spacial score (nSPS) is 17.1. The molecule has 0 saturated carbocycles. The van der Waals surface area contributed by atoms with E-state index in [2.05, 4.69) is 69.1 Å². The number of rotatable bonds is 8. The Morgan fingerprint density at radius 3 is 2.17 bits per heavy atom. The lowest BCUT2D eigenvalue weighted by atomic mass is 9.83. The topological polar surface area (TPSA) is 59.3 Å². The molecule has 2 aliphatic rings. The van der Waals surface area contributed by atoms with E-state index in [1.165, 1.54) is 24.5 Å². The number of aromatic nitrogens is 1. The molecule has 0 amide bonds. The summed E-state index contributed by atoms with van der Waals surface area (Å²) in [5.74, 6) is 0.0881. The van der Waals surface area contributed by atoms with Crippen molar-refractivity contribution in [1.29, 1.82) is 0 Å². The lowest BCUT2D eigenvalue weighted by Crippen LogP contribution is -2.39. The number of methoxy groups -OCH3 is 1. The second kappa shape index (κ2) is 13.0. The van der Waals surface area contributed by atoms with Gasteiger partial charge < -0.3 is 19.3 Å². The summed E-state index contributed by atoms with van der Waals surface area (Å²) in [5.41, 5.74) is 8.05. The third-order valence-electron chi connectivity index (χ3n) is 8.31. The van der Waals surface area contributed by atoms with Crippen molar-refractivity contribution in [1.82, 2.24) is 4.57 Å². The van der Waals surface area contributed by atoms with Crippen molar-refractivity contribution < 1.29 is 18.3 Å². The first-order valence-corrected chi connectivity index (χ1v) is 15.9. The van der Waals surface area contributed by atoms with Crippen LogP contribution < -0.4 is 34.2 Å². The predicted molar refractivity (Wildman–Crippen MR) is 181 cm³/mol. The molecule has 0 fully saturated rings. The average molecular weight is 643 g/mol. The summed E-state index contributed by atoms with van der Waals surface area (Å²) in [6, 6.07) is 21.1. The highest BCUT2D eigenvalue weighted by atomic mass is 32.1. The Balaban J connectivity index is 1.50. The monoisotopic (exact) mass is 642 g/mol. The first kappa shape index (κ1) is 31.3. The molecule has 46 heavy (non-hydrogen) atoms. The summed E-state index contributed by atoms with van der Waals surface area (Å²) in [5, 5.41) is 0. The van der Waals surface area contributed by atoms with Gasteiger partial charge in [0.15, 0.2) is 16.3 Å². The molecule has 238 valence electrons. The van der Waals surface area contributed by atoms with Gasteiger partial charge in [-0.1, -0.05) is 41.7 Å². The summed E-state index contributed by atoms with van der Waals surface area (Å²) < 4.78 is 37.9. The molecule has 10 heteroatoms. The van der Waals surface area contributed by atoms with E-state index in [0.29, 0.717) is 14.9 Å². The Kier molecular flexibility index (Phi) is 8.82. The van der Waals surface area contributed by atoms with E-state index < -0.39 is 6.61 Å². The van der Waals surface area contributed by atoms with Crippen LogP contribution in [0.15, 0.2) is 93.4 Å². The number of fused-ring (bicyclic) bond motifs is 1. The lowest BCUT2D eigenvalue weighted by molar-refractivity contribution is -0.0512. The van der Waals surface area contributed by atoms with Crippen molar-refractivity contribution in [2.24, 2.45) is 4.99 Å². The van der Waals surface area contributed by atoms with Crippen LogP contribution in [0.3, 0.4) is 0 Å². The highest BCUT2D eigenvalue weighted by Crippen LogP contribution is 2.41. The first-order valence-electron chi connectivity index (χ1n) is 15.1. The van der Waals surface area contributed by atoms with Crippen molar-refractivity contribution in [2.45, 2.75) is 31.9 Å². The van der Waals surface area contributed by atoms with Gasteiger partial charge in [-0.05, 0) is 95.6 Å². The molecule has 0 radical (unpaired) electrons. The molecular formula is C36H36F2N4O3S. The van der Waals surface area contributed by atoms with Gasteiger partial charge in [-0.25, -0.2) is 4.99 Å². The molecule has 4 aromatic rings. The van der Waals surface area contributed by atoms with E-state index in [4.69, 9.17) is 9.73 Å². The van der Waals surface area contributed by atoms with Gasteiger partial charge in [-0.2, -0.15) is 8.78 Å². The molecule has 0 saturated heterocycles. The number of nitrogens with zero attached hydrogens (tertiary/aromatic N) is 4. The molecule has 1 aromatic heterocycles. The highest BCUT2D eigenvalue weighted by molar-refractivity contribution is 7.07. The molecule has 1 aliphatic heterocycles. The van der Waals surface area contributed by atoms with E-state index in [-0.39, 0.29) is 23.1 Å². The number of thiazole rings is 1. The van der Waals surface area contributed by atoms with Crippen LogP contribution in [-0.2, 0) is 0 Å². The van der Waals surface area contributed by atoms with Gasteiger partial charge in [0, 0.05) is 39.6 Å². The maximum atomic E-state index is 14.2. The number of benzene rings is 3. The van der Waals surface area contributed by atoms with Gasteiger partial charge in [-0.3, -0.25) is 9.36 Å². The smallest absolute Gasteiger partial charge is 0.387 e. The first-order chi connectivity index (χ1) is 22.1. The zero-order chi connectivity index (χ0) is 32.5. The highest BCUT2D eigenvalue weighted by Gasteiger charge is 2.32. The van der Waals surface area contributed by atoms with E-state index in [1.807, 2.05) is 28.2 Å². The minimum absolute atomic E-state index is 0.0689. The van der Waals surface area contributed by atoms with Crippen LogP contribution in [0.5, 0.6) is 11.5 Å². The molecular weight excluding hydrogens is 606 g/mol. The van der Waals surface area contributed by atoms with E-state index in [0.717, 1.165) is 58.6 Å². The molecule has 1 aliphatic carbocycles. The molecule has 1 unspecified atom stereocenters. The van der Waals surface area contributed by atoms with Gasteiger partial charge in [-0.15, -0.1) is 0 Å². The van der Waals surface area contributed by atoms with Gasteiger partial charge in [0.1, 0.15) is 0 Å². The maximum Gasteiger partial charge on any atom is 0.387 e. The maximum absolute atomic E-state index is 14.2. The van der Waals surface area contributed by atoms with Crippen LogP contribution in [0.1, 0.15) is 42.0 Å². The fraction of sp³-hybridized carbons (Fsp3) is 0.278. The Morgan fingerprint density at radius 2 is 1.54 bits per heavy atom. The fourth-order valence-electron chi connectivity index (χ4n) is 6.00. The van der Waals surface area contributed by atoms with E-state index in [9.17, 15) is 13.6 Å². The Labute approximate surface area is 270 Å². The van der Waals surface area contributed by atoms with Gasteiger partial charge in [0.2, 0.25) is 0 Å². The zero-order valence-corrected chi connectivity index (χ0v) is 27.3. The zero-order valence-electron chi connectivity index (χ0n) is 26.5. The third kappa shape index (κ3) is 6.22. The van der Waals surface area contributed by atoms with Crippen LogP contribution in [0, 0.1) is 0 Å².